The third-order valence-corrected chi connectivity index (χ3v) is 3.86. The number of benzene rings is 1. The van der Waals surface area contributed by atoms with Crippen molar-refractivity contribution in [2.45, 2.75) is 32.7 Å². The number of piperidine rings is 1. The van der Waals surface area contributed by atoms with E-state index in [-0.39, 0.29) is 0 Å². The van der Waals surface area contributed by atoms with Crippen molar-refractivity contribution in [3.8, 4) is 0 Å². The first kappa shape index (κ1) is 13.4. The van der Waals surface area contributed by atoms with Crippen LogP contribution in [0.4, 0.5) is 5.69 Å². The third kappa shape index (κ3) is 3.03. The van der Waals surface area contributed by atoms with Crippen molar-refractivity contribution in [3.63, 3.8) is 0 Å². The maximum atomic E-state index is 9.08. The minimum Gasteiger partial charge on any atom is -0.396 e. The average Bonchev–Trinajstić information content (AvgIpc) is 2.39. The molecule has 0 spiro atoms. The highest BCUT2D eigenvalue weighted by Gasteiger charge is 2.21. The van der Waals surface area contributed by atoms with Crippen LogP contribution in [0.25, 0.3) is 0 Å². The standard InChI is InChI=1S/C15H24N2O/c1-12-4-5-14(10-16)15(9-12)17-7-2-3-13(11-17)6-8-18/h4-5,9,13,18H,2-3,6-8,10-11,16H2,1H3. The Hall–Kier alpha value is -1.06. The Bertz CT molecular complexity index is 390. The van der Waals surface area contributed by atoms with Gasteiger partial charge in [-0.2, -0.15) is 0 Å². The highest BCUT2D eigenvalue weighted by molar-refractivity contribution is 5.55. The van der Waals surface area contributed by atoms with Crippen LogP contribution < -0.4 is 10.6 Å². The molecule has 1 unspecified atom stereocenters. The van der Waals surface area contributed by atoms with E-state index in [9.17, 15) is 0 Å². The first-order valence-electron chi connectivity index (χ1n) is 6.90. The lowest BCUT2D eigenvalue weighted by atomic mass is 9.94. The smallest absolute Gasteiger partial charge is 0.0434 e. The number of anilines is 1. The van der Waals surface area contributed by atoms with Crippen molar-refractivity contribution < 1.29 is 5.11 Å². The van der Waals surface area contributed by atoms with Crippen molar-refractivity contribution in [2.75, 3.05) is 24.6 Å². The molecule has 0 radical (unpaired) electrons. The van der Waals surface area contributed by atoms with E-state index in [2.05, 4.69) is 30.0 Å². The topological polar surface area (TPSA) is 49.5 Å². The molecule has 1 saturated heterocycles. The van der Waals surface area contributed by atoms with Crippen LogP contribution >= 0.6 is 0 Å². The van der Waals surface area contributed by atoms with E-state index in [0.717, 1.165) is 19.5 Å². The predicted molar refractivity (Wildman–Crippen MR) is 75.7 cm³/mol. The second kappa shape index (κ2) is 6.21. The van der Waals surface area contributed by atoms with Gasteiger partial charge in [0.15, 0.2) is 0 Å². The highest BCUT2D eigenvalue weighted by atomic mass is 16.3. The summed E-state index contributed by atoms with van der Waals surface area (Å²) in [6, 6.07) is 6.50. The molecule has 0 aromatic heterocycles. The molecule has 1 aliphatic heterocycles. The molecule has 1 aromatic carbocycles. The maximum absolute atomic E-state index is 9.08. The number of hydrogen-bond acceptors (Lipinski definition) is 3. The fourth-order valence-corrected chi connectivity index (χ4v) is 2.84. The number of aliphatic hydroxyl groups excluding tert-OH is 1. The van der Waals surface area contributed by atoms with Crippen LogP contribution in [0.2, 0.25) is 0 Å². The normalized spacial score (nSPS) is 20.2. The number of rotatable bonds is 4. The number of nitrogens with two attached hydrogens (primary N) is 1. The van der Waals surface area contributed by atoms with Crippen LogP contribution in [0.5, 0.6) is 0 Å². The van der Waals surface area contributed by atoms with Gasteiger partial charge in [0.25, 0.3) is 0 Å². The van der Waals surface area contributed by atoms with Crippen molar-refractivity contribution in [1.82, 2.24) is 0 Å². The average molecular weight is 248 g/mol. The molecule has 3 nitrogen and oxygen atoms in total. The van der Waals surface area contributed by atoms with Crippen molar-refractivity contribution >= 4 is 5.69 Å². The van der Waals surface area contributed by atoms with Crippen molar-refractivity contribution in [2.24, 2.45) is 11.7 Å². The van der Waals surface area contributed by atoms with Crippen LogP contribution in [0, 0.1) is 12.8 Å². The van der Waals surface area contributed by atoms with Crippen LogP contribution in [0.3, 0.4) is 0 Å². The number of hydrogen-bond donors (Lipinski definition) is 2. The van der Waals surface area contributed by atoms with Crippen molar-refractivity contribution in [3.05, 3.63) is 29.3 Å². The fraction of sp³-hybridized carbons (Fsp3) is 0.600. The van der Waals surface area contributed by atoms with E-state index in [0.29, 0.717) is 19.1 Å². The fourth-order valence-electron chi connectivity index (χ4n) is 2.84. The summed E-state index contributed by atoms with van der Waals surface area (Å²) in [5.41, 5.74) is 9.64. The summed E-state index contributed by atoms with van der Waals surface area (Å²) in [6.07, 6.45) is 3.36. The van der Waals surface area contributed by atoms with Crippen LogP contribution in [0.15, 0.2) is 18.2 Å². The van der Waals surface area contributed by atoms with E-state index in [1.54, 1.807) is 0 Å². The molecule has 1 atom stereocenters. The van der Waals surface area contributed by atoms with Crippen molar-refractivity contribution in [1.29, 1.82) is 0 Å². The lowest BCUT2D eigenvalue weighted by Crippen LogP contribution is -2.36. The Balaban J connectivity index is 2.17. The third-order valence-electron chi connectivity index (χ3n) is 3.86. The monoisotopic (exact) mass is 248 g/mol. The van der Waals surface area contributed by atoms with Gasteiger partial charge < -0.3 is 15.7 Å². The predicted octanol–water partition coefficient (Wildman–Crippen LogP) is 2.05. The molecule has 2 rings (SSSR count). The minimum atomic E-state index is 0.302. The molecule has 18 heavy (non-hydrogen) atoms. The van der Waals surface area contributed by atoms with E-state index >= 15 is 0 Å². The molecule has 100 valence electrons. The summed E-state index contributed by atoms with van der Waals surface area (Å²) < 4.78 is 0. The molecule has 1 heterocycles. The van der Waals surface area contributed by atoms with E-state index < -0.39 is 0 Å². The zero-order chi connectivity index (χ0) is 13.0. The Morgan fingerprint density at radius 3 is 3.00 bits per heavy atom. The summed E-state index contributed by atoms with van der Waals surface area (Å²) in [4.78, 5) is 2.44. The van der Waals surface area contributed by atoms with E-state index in [1.807, 2.05) is 0 Å². The van der Waals surface area contributed by atoms with Crippen LogP contribution in [0.1, 0.15) is 30.4 Å². The van der Waals surface area contributed by atoms with Gasteiger partial charge in [0.1, 0.15) is 0 Å². The largest absolute Gasteiger partial charge is 0.396 e. The molecule has 3 heteroatoms. The van der Waals surface area contributed by atoms with Crippen LogP contribution in [-0.4, -0.2) is 24.8 Å². The Morgan fingerprint density at radius 1 is 1.44 bits per heavy atom. The van der Waals surface area contributed by atoms with Gasteiger partial charge in [-0.25, -0.2) is 0 Å². The summed E-state index contributed by atoms with van der Waals surface area (Å²) in [5.74, 6) is 0.620. The molecule has 0 aliphatic carbocycles. The van der Waals surface area contributed by atoms with Gasteiger partial charge in [-0.3, -0.25) is 0 Å². The molecule has 0 amide bonds. The van der Waals surface area contributed by atoms with Gasteiger partial charge in [-0.05, 0) is 49.3 Å². The molecule has 3 N–H and O–H groups in total. The number of aliphatic hydroxyl groups is 1. The second-order valence-electron chi connectivity index (χ2n) is 5.30. The zero-order valence-corrected chi connectivity index (χ0v) is 11.2. The maximum Gasteiger partial charge on any atom is 0.0434 e. The van der Waals surface area contributed by atoms with Gasteiger partial charge >= 0.3 is 0 Å². The van der Waals surface area contributed by atoms with Crippen LogP contribution in [-0.2, 0) is 6.54 Å². The lowest BCUT2D eigenvalue weighted by Gasteiger charge is -2.35. The summed E-state index contributed by atoms with van der Waals surface area (Å²) in [7, 11) is 0. The highest BCUT2D eigenvalue weighted by Crippen LogP contribution is 2.28. The van der Waals surface area contributed by atoms with Gasteiger partial charge in [0.2, 0.25) is 0 Å². The molecule has 1 fully saturated rings. The minimum absolute atomic E-state index is 0.302. The molecule has 0 bridgehead atoms. The number of nitrogens with zero attached hydrogens (tertiary/aromatic N) is 1. The summed E-state index contributed by atoms with van der Waals surface area (Å²) >= 11 is 0. The molecule has 1 aliphatic rings. The Morgan fingerprint density at radius 2 is 2.28 bits per heavy atom. The van der Waals surface area contributed by atoms with Gasteiger partial charge in [-0.1, -0.05) is 12.1 Å². The SMILES string of the molecule is Cc1ccc(CN)c(N2CCCC(CCO)C2)c1. The second-order valence-corrected chi connectivity index (χ2v) is 5.30. The first-order valence-corrected chi connectivity index (χ1v) is 6.90. The molecule has 1 aromatic rings. The quantitative estimate of drug-likeness (QED) is 0.857. The summed E-state index contributed by atoms with van der Waals surface area (Å²) in [6.45, 7) is 5.18. The summed E-state index contributed by atoms with van der Waals surface area (Å²) in [5, 5.41) is 9.08. The van der Waals surface area contributed by atoms with E-state index in [1.165, 1.54) is 29.7 Å². The zero-order valence-electron chi connectivity index (χ0n) is 11.2. The van der Waals surface area contributed by atoms with Gasteiger partial charge in [0, 0.05) is 31.9 Å². The number of aryl methyl sites for hydroxylation is 1. The molecular formula is C15H24N2O. The lowest BCUT2D eigenvalue weighted by molar-refractivity contribution is 0.244. The van der Waals surface area contributed by atoms with Gasteiger partial charge in [-0.15, -0.1) is 0 Å². The molecule has 0 saturated carbocycles. The van der Waals surface area contributed by atoms with Gasteiger partial charge in [0.05, 0.1) is 0 Å². The molecular weight excluding hydrogens is 224 g/mol. The van der Waals surface area contributed by atoms with E-state index in [4.69, 9.17) is 10.8 Å². The Labute approximate surface area is 110 Å². The Kier molecular flexibility index (Phi) is 4.61. The first-order chi connectivity index (χ1) is 8.74.